The molecule has 1 aromatic carbocycles. The Kier molecular flexibility index (Phi) is 3.13. The molecule has 16 heavy (non-hydrogen) atoms. The number of pyridine rings is 1. The molecular weight excluding hydrogens is 248 g/mol. The monoisotopic (exact) mass is 255 g/mol. The van der Waals surface area contributed by atoms with Crippen LogP contribution in [0.15, 0.2) is 30.5 Å². The van der Waals surface area contributed by atoms with Crippen LogP contribution in [0.25, 0.3) is 11.3 Å². The van der Waals surface area contributed by atoms with Gasteiger partial charge in [-0.15, -0.1) is 0 Å². The minimum absolute atomic E-state index is 0.305. The van der Waals surface area contributed by atoms with Gasteiger partial charge in [0.15, 0.2) is 0 Å². The first-order chi connectivity index (χ1) is 7.58. The van der Waals surface area contributed by atoms with Gasteiger partial charge in [-0.2, -0.15) is 0 Å². The topological polar surface area (TPSA) is 12.9 Å². The fraction of sp³-hybridized carbons (Fsp3) is 0.0833. The maximum Gasteiger partial charge on any atom is 0.129 e. The van der Waals surface area contributed by atoms with Gasteiger partial charge in [-0.05, 0) is 25.1 Å². The zero-order valence-electron chi connectivity index (χ0n) is 8.47. The molecule has 0 N–H and O–H groups in total. The van der Waals surface area contributed by atoms with Gasteiger partial charge >= 0.3 is 0 Å². The fourth-order valence-corrected chi connectivity index (χ4v) is 1.73. The largest absolute Gasteiger partial charge is 0.256 e. The lowest BCUT2D eigenvalue weighted by Gasteiger charge is -2.05. The Balaban J connectivity index is 2.58. The van der Waals surface area contributed by atoms with Crippen molar-refractivity contribution in [3.05, 3.63) is 51.9 Å². The lowest BCUT2D eigenvalue weighted by Crippen LogP contribution is -1.89. The van der Waals surface area contributed by atoms with Crippen molar-refractivity contribution in [1.29, 1.82) is 0 Å². The first-order valence-electron chi connectivity index (χ1n) is 4.65. The molecule has 0 amide bonds. The summed E-state index contributed by atoms with van der Waals surface area (Å²) >= 11 is 11.9. The van der Waals surface area contributed by atoms with Gasteiger partial charge in [0.05, 0.1) is 10.7 Å². The zero-order valence-corrected chi connectivity index (χ0v) is 9.98. The van der Waals surface area contributed by atoms with Gasteiger partial charge in [-0.3, -0.25) is 4.98 Å². The summed E-state index contributed by atoms with van der Waals surface area (Å²) in [5.41, 5.74) is 1.62. The van der Waals surface area contributed by atoms with Crippen LogP contribution in [0, 0.1) is 12.7 Å². The van der Waals surface area contributed by atoms with Crippen molar-refractivity contribution >= 4 is 23.2 Å². The van der Waals surface area contributed by atoms with Gasteiger partial charge in [0.1, 0.15) is 5.82 Å². The lowest BCUT2D eigenvalue weighted by molar-refractivity contribution is 0.616. The second-order valence-electron chi connectivity index (χ2n) is 3.44. The molecule has 1 aromatic heterocycles. The highest BCUT2D eigenvalue weighted by molar-refractivity contribution is 6.35. The first kappa shape index (κ1) is 11.4. The van der Waals surface area contributed by atoms with Crippen molar-refractivity contribution in [1.82, 2.24) is 4.98 Å². The van der Waals surface area contributed by atoms with Crippen LogP contribution in [-0.4, -0.2) is 4.98 Å². The second kappa shape index (κ2) is 4.40. The van der Waals surface area contributed by atoms with Crippen molar-refractivity contribution in [2.45, 2.75) is 6.92 Å². The Morgan fingerprint density at radius 2 is 1.94 bits per heavy atom. The highest BCUT2D eigenvalue weighted by Gasteiger charge is 2.08. The average Bonchev–Trinajstić information content (AvgIpc) is 2.26. The Bertz CT molecular complexity index is 541. The molecule has 0 aliphatic carbocycles. The van der Waals surface area contributed by atoms with Gasteiger partial charge < -0.3 is 0 Å². The molecule has 0 spiro atoms. The molecule has 0 saturated heterocycles. The number of halogens is 3. The van der Waals surface area contributed by atoms with Gasteiger partial charge in [0, 0.05) is 28.4 Å². The minimum Gasteiger partial charge on any atom is -0.256 e. The van der Waals surface area contributed by atoms with E-state index < -0.39 is 0 Å². The maximum absolute atomic E-state index is 13.4. The van der Waals surface area contributed by atoms with E-state index >= 15 is 0 Å². The number of benzene rings is 1. The number of hydrogen-bond acceptors (Lipinski definition) is 1. The maximum atomic E-state index is 13.4. The molecule has 0 fully saturated rings. The molecule has 0 aliphatic rings. The molecular formula is C12H8Cl2FN. The molecule has 2 rings (SSSR count). The number of aromatic nitrogens is 1. The van der Waals surface area contributed by atoms with Crippen LogP contribution in [0.3, 0.4) is 0 Å². The Hall–Kier alpha value is -1.12. The molecule has 0 saturated carbocycles. The number of aryl methyl sites for hydroxylation is 1. The van der Waals surface area contributed by atoms with Gasteiger partial charge in [0.25, 0.3) is 0 Å². The van der Waals surface area contributed by atoms with Crippen LogP contribution in [0.5, 0.6) is 0 Å². The summed E-state index contributed by atoms with van der Waals surface area (Å²) in [5.74, 6) is -0.305. The van der Waals surface area contributed by atoms with E-state index in [1.807, 2.05) is 0 Å². The Morgan fingerprint density at radius 1 is 1.19 bits per heavy atom. The highest BCUT2D eigenvalue weighted by Crippen LogP contribution is 2.29. The zero-order chi connectivity index (χ0) is 11.7. The minimum atomic E-state index is -0.305. The smallest absolute Gasteiger partial charge is 0.129 e. The number of rotatable bonds is 1. The third-order valence-electron chi connectivity index (χ3n) is 2.24. The summed E-state index contributed by atoms with van der Waals surface area (Å²) in [6.45, 7) is 1.66. The van der Waals surface area contributed by atoms with Crippen molar-refractivity contribution < 1.29 is 4.39 Å². The Morgan fingerprint density at radius 3 is 2.62 bits per heavy atom. The first-order valence-corrected chi connectivity index (χ1v) is 5.41. The van der Waals surface area contributed by atoms with Crippen molar-refractivity contribution in [3.8, 4) is 11.3 Å². The standard InChI is InChI=1S/C12H8Cl2FN/c1-7-6-16-12(5-11(7)15)9-4-8(13)2-3-10(9)14/h2-6H,1H3. The normalized spacial score (nSPS) is 10.5. The van der Waals surface area contributed by atoms with Gasteiger partial charge in [0.2, 0.25) is 0 Å². The van der Waals surface area contributed by atoms with E-state index in [0.29, 0.717) is 26.9 Å². The van der Waals surface area contributed by atoms with Crippen molar-refractivity contribution in [2.75, 3.05) is 0 Å². The second-order valence-corrected chi connectivity index (χ2v) is 4.29. The quantitative estimate of drug-likeness (QED) is 0.731. The van der Waals surface area contributed by atoms with E-state index in [-0.39, 0.29) is 5.82 Å². The van der Waals surface area contributed by atoms with Crippen LogP contribution in [0.1, 0.15) is 5.56 Å². The van der Waals surface area contributed by atoms with Crippen LogP contribution in [-0.2, 0) is 0 Å². The molecule has 0 atom stereocenters. The van der Waals surface area contributed by atoms with E-state index in [1.54, 1.807) is 25.1 Å². The summed E-state index contributed by atoms with van der Waals surface area (Å²) in [6.07, 6.45) is 1.47. The summed E-state index contributed by atoms with van der Waals surface area (Å²) in [4.78, 5) is 4.13. The van der Waals surface area contributed by atoms with Crippen LogP contribution in [0.4, 0.5) is 4.39 Å². The van der Waals surface area contributed by atoms with E-state index in [0.717, 1.165) is 0 Å². The molecule has 4 heteroatoms. The average molecular weight is 256 g/mol. The number of hydrogen-bond donors (Lipinski definition) is 0. The molecule has 2 aromatic rings. The molecule has 82 valence electrons. The summed E-state index contributed by atoms with van der Waals surface area (Å²) in [5, 5.41) is 1.04. The van der Waals surface area contributed by atoms with Crippen molar-refractivity contribution in [3.63, 3.8) is 0 Å². The molecule has 0 bridgehead atoms. The Labute approximate surface area is 103 Å². The van der Waals surface area contributed by atoms with Crippen LogP contribution in [0.2, 0.25) is 10.0 Å². The van der Waals surface area contributed by atoms with Crippen LogP contribution >= 0.6 is 23.2 Å². The third-order valence-corrected chi connectivity index (χ3v) is 2.81. The summed E-state index contributed by atoms with van der Waals surface area (Å²) < 4.78 is 13.4. The lowest BCUT2D eigenvalue weighted by atomic mass is 10.1. The summed E-state index contributed by atoms with van der Waals surface area (Å²) in [7, 11) is 0. The molecule has 1 nitrogen and oxygen atoms in total. The predicted molar refractivity (Wildman–Crippen MR) is 64.4 cm³/mol. The molecule has 1 heterocycles. The van der Waals surface area contributed by atoms with Crippen molar-refractivity contribution in [2.24, 2.45) is 0 Å². The molecule has 0 unspecified atom stereocenters. The highest BCUT2D eigenvalue weighted by atomic mass is 35.5. The molecule has 0 aliphatic heterocycles. The predicted octanol–water partition coefficient (Wildman–Crippen LogP) is 4.50. The van der Waals surface area contributed by atoms with E-state index in [2.05, 4.69) is 4.98 Å². The van der Waals surface area contributed by atoms with E-state index in [1.165, 1.54) is 12.3 Å². The number of nitrogens with zero attached hydrogens (tertiary/aromatic N) is 1. The molecule has 0 radical (unpaired) electrons. The van der Waals surface area contributed by atoms with Gasteiger partial charge in [-0.1, -0.05) is 23.2 Å². The third kappa shape index (κ3) is 2.18. The van der Waals surface area contributed by atoms with Gasteiger partial charge in [-0.25, -0.2) is 4.39 Å². The summed E-state index contributed by atoms with van der Waals surface area (Å²) in [6, 6.07) is 6.37. The van der Waals surface area contributed by atoms with Crippen LogP contribution < -0.4 is 0 Å². The fourth-order valence-electron chi connectivity index (χ4n) is 1.34. The SMILES string of the molecule is Cc1cnc(-c2cc(Cl)ccc2Cl)cc1F. The van der Waals surface area contributed by atoms with E-state index in [4.69, 9.17) is 23.2 Å². The van der Waals surface area contributed by atoms with E-state index in [9.17, 15) is 4.39 Å².